The van der Waals surface area contributed by atoms with Crippen molar-refractivity contribution in [3.05, 3.63) is 30.7 Å². The van der Waals surface area contributed by atoms with Gasteiger partial charge in [-0.3, -0.25) is 10.3 Å². The third-order valence-corrected chi connectivity index (χ3v) is 1.69. The van der Waals surface area contributed by atoms with E-state index in [-0.39, 0.29) is 0 Å². The van der Waals surface area contributed by atoms with Crippen molar-refractivity contribution in [2.45, 2.75) is 32.8 Å². The highest BCUT2D eigenvalue weighted by atomic mass is 16.6. The summed E-state index contributed by atoms with van der Waals surface area (Å²) in [6, 6.07) is 0. The Balaban J connectivity index is 2.57. The molecule has 5 nitrogen and oxygen atoms in total. The second-order valence-corrected chi connectivity index (χ2v) is 4.51. The highest BCUT2D eigenvalue weighted by molar-refractivity contribution is 5.83. The van der Waals surface area contributed by atoms with Gasteiger partial charge in [-0.2, -0.15) is 0 Å². The third-order valence-electron chi connectivity index (χ3n) is 1.69. The van der Waals surface area contributed by atoms with E-state index in [2.05, 4.69) is 21.9 Å². The molecule has 0 aliphatic carbocycles. The predicted octanol–water partition coefficient (Wildman–Crippen LogP) is 2.55. The molecule has 0 unspecified atom stereocenters. The fourth-order valence-corrected chi connectivity index (χ4v) is 1.08. The summed E-state index contributed by atoms with van der Waals surface area (Å²) in [4.78, 5) is 19.6. The van der Waals surface area contributed by atoms with Gasteiger partial charge in [0.2, 0.25) is 0 Å². The number of anilines is 1. The molecule has 0 atom stereocenters. The van der Waals surface area contributed by atoms with Crippen LogP contribution < -0.4 is 5.32 Å². The van der Waals surface area contributed by atoms with Crippen LogP contribution in [0.4, 0.5) is 10.6 Å². The Bertz CT molecular complexity index is 393. The Morgan fingerprint density at radius 1 is 1.47 bits per heavy atom. The molecule has 17 heavy (non-hydrogen) atoms. The molecular weight excluding hydrogens is 218 g/mol. The SMILES string of the molecule is C=CCc1cnc(NC(=O)OC(C)(C)C)cn1. The van der Waals surface area contributed by atoms with Gasteiger partial charge in [0.1, 0.15) is 5.60 Å². The monoisotopic (exact) mass is 235 g/mol. The number of hydrogen-bond acceptors (Lipinski definition) is 4. The summed E-state index contributed by atoms with van der Waals surface area (Å²) >= 11 is 0. The van der Waals surface area contributed by atoms with E-state index in [1.807, 2.05) is 0 Å². The van der Waals surface area contributed by atoms with Crippen LogP contribution in [0.3, 0.4) is 0 Å². The molecule has 1 aromatic heterocycles. The van der Waals surface area contributed by atoms with Crippen molar-refractivity contribution in [1.29, 1.82) is 0 Å². The molecule has 0 radical (unpaired) electrons. The van der Waals surface area contributed by atoms with E-state index >= 15 is 0 Å². The molecule has 92 valence electrons. The Hall–Kier alpha value is -1.91. The van der Waals surface area contributed by atoms with Crippen LogP contribution >= 0.6 is 0 Å². The number of carbonyl (C=O) groups excluding carboxylic acids is 1. The first kappa shape index (κ1) is 13.2. The lowest BCUT2D eigenvalue weighted by Gasteiger charge is -2.19. The van der Waals surface area contributed by atoms with Gasteiger partial charge in [0, 0.05) is 6.42 Å². The molecule has 1 N–H and O–H groups in total. The number of nitrogens with zero attached hydrogens (tertiary/aromatic N) is 2. The maximum atomic E-state index is 11.4. The zero-order valence-electron chi connectivity index (χ0n) is 10.4. The molecule has 0 saturated heterocycles. The smallest absolute Gasteiger partial charge is 0.413 e. The van der Waals surface area contributed by atoms with Crippen LogP contribution in [0.25, 0.3) is 0 Å². The van der Waals surface area contributed by atoms with Crippen molar-refractivity contribution in [2.75, 3.05) is 5.32 Å². The third kappa shape index (κ3) is 5.10. The highest BCUT2D eigenvalue weighted by Crippen LogP contribution is 2.09. The first-order valence-corrected chi connectivity index (χ1v) is 5.32. The molecule has 0 aliphatic rings. The van der Waals surface area contributed by atoms with Gasteiger partial charge in [-0.25, -0.2) is 9.78 Å². The topological polar surface area (TPSA) is 64.1 Å². The minimum absolute atomic E-state index is 0.368. The first-order valence-electron chi connectivity index (χ1n) is 5.32. The molecular formula is C12H17N3O2. The number of ether oxygens (including phenoxy) is 1. The number of aromatic nitrogens is 2. The van der Waals surface area contributed by atoms with E-state index < -0.39 is 11.7 Å². The van der Waals surface area contributed by atoms with Gasteiger partial charge in [0.25, 0.3) is 0 Å². The van der Waals surface area contributed by atoms with E-state index in [1.165, 1.54) is 6.20 Å². The number of carbonyl (C=O) groups is 1. The van der Waals surface area contributed by atoms with E-state index in [4.69, 9.17) is 4.74 Å². The van der Waals surface area contributed by atoms with Gasteiger partial charge >= 0.3 is 6.09 Å². The largest absolute Gasteiger partial charge is 0.444 e. The van der Waals surface area contributed by atoms with Crippen LogP contribution in [0.5, 0.6) is 0 Å². The van der Waals surface area contributed by atoms with Crippen molar-refractivity contribution in [3.8, 4) is 0 Å². The molecule has 0 fully saturated rings. The van der Waals surface area contributed by atoms with Gasteiger partial charge in [0.15, 0.2) is 5.82 Å². The van der Waals surface area contributed by atoms with Crippen molar-refractivity contribution >= 4 is 11.9 Å². The fourth-order valence-electron chi connectivity index (χ4n) is 1.08. The standard InChI is InChI=1S/C12H17N3O2/c1-5-6-9-7-14-10(8-13-9)15-11(16)17-12(2,3)4/h5,7-8H,1,6H2,2-4H3,(H,14,15,16). The summed E-state index contributed by atoms with van der Waals surface area (Å²) in [5.74, 6) is 0.368. The molecule has 5 heteroatoms. The van der Waals surface area contributed by atoms with Gasteiger partial charge in [-0.15, -0.1) is 6.58 Å². The molecule has 0 aromatic carbocycles. The van der Waals surface area contributed by atoms with Crippen molar-refractivity contribution in [3.63, 3.8) is 0 Å². The number of rotatable bonds is 3. The summed E-state index contributed by atoms with van der Waals surface area (Å²) in [7, 11) is 0. The fraction of sp³-hybridized carbons (Fsp3) is 0.417. The molecule has 0 aliphatic heterocycles. The van der Waals surface area contributed by atoms with E-state index in [0.717, 1.165) is 5.69 Å². The maximum absolute atomic E-state index is 11.4. The highest BCUT2D eigenvalue weighted by Gasteiger charge is 2.16. The van der Waals surface area contributed by atoms with Gasteiger partial charge in [-0.1, -0.05) is 6.08 Å². The Morgan fingerprint density at radius 2 is 2.18 bits per heavy atom. The van der Waals surface area contributed by atoms with Crippen molar-refractivity contribution in [1.82, 2.24) is 9.97 Å². The average molecular weight is 235 g/mol. The Kier molecular flexibility index (Phi) is 4.20. The molecule has 0 bridgehead atoms. The number of allylic oxidation sites excluding steroid dienone is 1. The summed E-state index contributed by atoms with van der Waals surface area (Å²) in [6.45, 7) is 9.00. The van der Waals surface area contributed by atoms with Gasteiger partial charge in [0.05, 0.1) is 18.1 Å². The lowest BCUT2D eigenvalue weighted by atomic mass is 10.2. The van der Waals surface area contributed by atoms with Crippen LogP contribution in [0.2, 0.25) is 0 Å². The van der Waals surface area contributed by atoms with Crippen LogP contribution in [0.15, 0.2) is 25.0 Å². The van der Waals surface area contributed by atoms with Gasteiger partial charge in [-0.05, 0) is 20.8 Å². The lowest BCUT2D eigenvalue weighted by molar-refractivity contribution is 0.0635. The van der Waals surface area contributed by atoms with E-state index in [9.17, 15) is 4.79 Å². The molecule has 0 saturated carbocycles. The number of nitrogens with one attached hydrogen (secondary N) is 1. The second kappa shape index (κ2) is 5.43. The van der Waals surface area contributed by atoms with Crippen LogP contribution in [-0.4, -0.2) is 21.7 Å². The number of amides is 1. The Morgan fingerprint density at radius 3 is 2.65 bits per heavy atom. The molecule has 1 rings (SSSR count). The minimum atomic E-state index is -0.539. The minimum Gasteiger partial charge on any atom is -0.444 e. The summed E-state index contributed by atoms with van der Waals surface area (Å²) in [5.41, 5.74) is 0.273. The van der Waals surface area contributed by atoms with E-state index in [0.29, 0.717) is 12.2 Å². The predicted molar refractivity (Wildman–Crippen MR) is 65.8 cm³/mol. The van der Waals surface area contributed by atoms with Gasteiger partial charge < -0.3 is 4.74 Å². The first-order chi connectivity index (χ1) is 7.90. The van der Waals surface area contributed by atoms with Crippen LogP contribution in [0.1, 0.15) is 26.5 Å². The van der Waals surface area contributed by atoms with Crippen molar-refractivity contribution < 1.29 is 9.53 Å². The summed E-state index contributed by atoms with van der Waals surface area (Å²) in [5, 5.41) is 2.51. The summed E-state index contributed by atoms with van der Waals surface area (Å²) in [6.07, 6.45) is 4.94. The molecule has 1 heterocycles. The van der Waals surface area contributed by atoms with Crippen LogP contribution in [-0.2, 0) is 11.2 Å². The molecule has 1 aromatic rings. The average Bonchev–Trinajstić information content (AvgIpc) is 2.18. The van der Waals surface area contributed by atoms with Crippen LogP contribution in [0, 0.1) is 0 Å². The second-order valence-electron chi connectivity index (χ2n) is 4.51. The zero-order valence-corrected chi connectivity index (χ0v) is 10.4. The number of hydrogen-bond donors (Lipinski definition) is 1. The maximum Gasteiger partial charge on any atom is 0.413 e. The molecule has 1 amide bonds. The normalized spacial score (nSPS) is 10.8. The quantitative estimate of drug-likeness (QED) is 0.818. The molecule has 0 spiro atoms. The van der Waals surface area contributed by atoms with E-state index in [1.54, 1.807) is 33.0 Å². The lowest BCUT2D eigenvalue weighted by Crippen LogP contribution is -2.27. The zero-order chi connectivity index (χ0) is 12.9. The summed E-state index contributed by atoms with van der Waals surface area (Å²) < 4.78 is 5.09. The van der Waals surface area contributed by atoms with Crippen molar-refractivity contribution in [2.24, 2.45) is 0 Å². The Labute approximate surface area is 101 Å².